The Hall–Kier alpha value is -4.12. The molecule has 0 amide bonds. The topological polar surface area (TPSA) is 90.2 Å². The van der Waals surface area contributed by atoms with Crippen molar-refractivity contribution in [1.82, 2.24) is 29.6 Å². The Morgan fingerprint density at radius 1 is 1.10 bits per heavy atom. The van der Waals surface area contributed by atoms with Crippen LogP contribution in [0.5, 0.6) is 11.5 Å². The summed E-state index contributed by atoms with van der Waals surface area (Å²) < 4.78 is 42.8. The lowest BCUT2D eigenvalue weighted by Gasteiger charge is -2.15. The Balaban J connectivity index is 1.50. The molecule has 0 unspecified atom stereocenters. The molecule has 40 heavy (non-hydrogen) atoms. The largest absolute Gasteiger partial charge is 0.494 e. The molecule has 0 atom stereocenters. The minimum atomic E-state index is -0.667. The van der Waals surface area contributed by atoms with Gasteiger partial charge in [0, 0.05) is 59.5 Å². The number of likely N-dealkylation sites (N-methyl/N-ethyl adjacent to an activating group) is 1. The Bertz CT molecular complexity index is 1450. The van der Waals surface area contributed by atoms with E-state index >= 15 is 0 Å². The molecule has 3 heterocycles. The van der Waals surface area contributed by atoms with Crippen LogP contribution in [-0.2, 0) is 6.54 Å². The summed E-state index contributed by atoms with van der Waals surface area (Å²) in [6.45, 7) is 5.18. The van der Waals surface area contributed by atoms with E-state index in [-0.39, 0.29) is 23.8 Å². The van der Waals surface area contributed by atoms with Crippen molar-refractivity contribution >= 4 is 11.5 Å². The smallest absolute Gasteiger partial charge is 0.182 e. The average Bonchev–Trinajstić information content (AvgIpc) is 3.70. The van der Waals surface area contributed by atoms with Gasteiger partial charge in [-0.2, -0.15) is 5.10 Å². The Morgan fingerprint density at radius 2 is 1.82 bits per heavy atom. The van der Waals surface area contributed by atoms with Gasteiger partial charge >= 0.3 is 0 Å². The van der Waals surface area contributed by atoms with Crippen LogP contribution >= 0.6 is 0 Å². The number of hydrogen-bond donors (Lipinski definition) is 1. The van der Waals surface area contributed by atoms with Gasteiger partial charge in [-0.05, 0) is 52.9 Å². The van der Waals surface area contributed by atoms with Crippen molar-refractivity contribution in [3.8, 4) is 23.0 Å². The summed E-state index contributed by atoms with van der Waals surface area (Å²) in [5.74, 6) is 0.483. The van der Waals surface area contributed by atoms with E-state index in [1.807, 2.05) is 38.1 Å². The number of rotatable bonds is 12. The van der Waals surface area contributed by atoms with E-state index in [1.165, 1.54) is 12.1 Å². The normalized spacial score (nSPS) is 13.1. The van der Waals surface area contributed by atoms with Gasteiger partial charge < -0.3 is 19.7 Å². The van der Waals surface area contributed by atoms with Crippen LogP contribution in [0.2, 0.25) is 0 Å². The van der Waals surface area contributed by atoms with E-state index in [4.69, 9.17) is 19.6 Å². The number of nitrogens with zero attached hydrogens (tertiary/aromatic N) is 6. The minimum Gasteiger partial charge on any atom is -0.494 e. The van der Waals surface area contributed by atoms with Crippen LogP contribution in [0.4, 0.5) is 20.3 Å². The van der Waals surface area contributed by atoms with Gasteiger partial charge in [0.1, 0.15) is 29.7 Å². The maximum Gasteiger partial charge on any atom is 0.182 e. The van der Waals surface area contributed by atoms with Crippen LogP contribution in [0, 0.1) is 18.6 Å². The molecule has 9 nitrogen and oxygen atoms in total. The summed E-state index contributed by atoms with van der Waals surface area (Å²) >= 11 is 0. The predicted octanol–water partition coefficient (Wildman–Crippen LogP) is 5.33. The van der Waals surface area contributed by atoms with Gasteiger partial charge in [-0.25, -0.2) is 18.7 Å². The number of ether oxygens (including phenoxy) is 2. The second-order valence-corrected chi connectivity index (χ2v) is 10.0. The predicted molar refractivity (Wildman–Crippen MR) is 148 cm³/mol. The van der Waals surface area contributed by atoms with E-state index in [9.17, 15) is 8.78 Å². The first-order chi connectivity index (χ1) is 19.3. The van der Waals surface area contributed by atoms with Gasteiger partial charge in [0.05, 0.1) is 19.3 Å². The SMILES string of the molecule is CCOc1cc(F)c(Cn2nc(-c3ncc(OCCN(C)C)c(Nc4ccncc4)n3)c(C)c2C2CC2)c(F)c1. The molecule has 1 fully saturated rings. The second-order valence-electron chi connectivity index (χ2n) is 10.0. The summed E-state index contributed by atoms with van der Waals surface area (Å²) in [5.41, 5.74) is 3.13. The number of anilines is 2. The Labute approximate surface area is 232 Å². The molecule has 0 radical (unpaired) electrons. The number of nitrogens with one attached hydrogen (secondary N) is 1. The maximum absolute atomic E-state index is 14.9. The summed E-state index contributed by atoms with van der Waals surface area (Å²) in [7, 11) is 3.95. The van der Waals surface area contributed by atoms with Crippen molar-refractivity contribution in [2.24, 2.45) is 0 Å². The molecular formula is C29H33F2N7O2. The molecule has 4 aromatic rings. The molecule has 1 saturated carbocycles. The fourth-order valence-corrected chi connectivity index (χ4v) is 4.49. The van der Waals surface area contributed by atoms with Crippen LogP contribution < -0.4 is 14.8 Å². The maximum atomic E-state index is 14.9. The molecule has 210 valence electrons. The first kappa shape index (κ1) is 27.4. The molecule has 1 N–H and O–H groups in total. The first-order valence-corrected chi connectivity index (χ1v) is 13.3. The third-order valence-corrected chi connectivity index (χ3v) is 6.64. The Kier molecular flexibility index (Phi) is 8.20. The van der Waals surface area contributed by atoms with Crippen LogP contribution in [0.25, 0.3) is 11.5 Å². The molecule has 5 rings (SSSR count). The van der Waals surface area contributed by atoms with Crippen molar-refractivity contribution in [3.63, 3.8) is 0 Å². The monoisotopic (exact) mass is 549 g/mol. The van der Waals surface area contributed by atoms with E-state index in [0.29, 0.717) is 36.3 Å². The summed E-state index contributed by atoms with van der Waals surface area (Å²) in [6.07, 6.45) is 6.99. The lowest BCUT2D eigenvalue weighted by atomic mass is 10.1. The van der Waals surface area contributed by atoms with Crippen molar-refractivity contribution in [2.75, 3.05) is 39.2 Å². The average molecular weight is 550 g/mol. The molecule has 0 bridgehead atoms. The Morgan fingerprint density at radius 3 is 2.48 bits per heavy atom. The summed E-state index contributed by atoms with van der Waals surface area (Å²) in [6, 6.07) is 6.09. The molecule has 0 spiro atoms. The zero-order valence-electron chi connectivity index (χ0n) is 23.1. The zero-order chi connectivity index (χ0) is 28.2. The molecule has 0 saturated heterocycles. The molecule has 1 aromatic carbocycles. The third-order valence-electron chi connectivity index (χ3n) is 6.64. The molecule has 1 aliphatic carbocycles. The van der Waals surface area contributed by atoms with Crippen LogP contribution in [0.15, 0.2) is 42.9 Å². The fourth-order valence-electron chi connectivity index (χ4n) is 4.49. The number of halogens is 2. The van der Waals surface area contributed by atoms with Crippen LogP contribution in [0.3, 0.4) is 0 Å². The number of hydrogen-bond acceptors (Lipinski definition) is 8. The molecule has 1 aliphatic rings. The van der Waals surface area contributed by atoms with Crippen molar-refractivity contribution < 1.29 is 18.3 Å². The highest BCUT2D eigenvalue weighted by molar-refractivity contribution is 5.66. The van der Waals surface area contributed by atoms with Gasteiger partial charge in [0.2, 0.25) is 0 Å². The molecule has 3 aromatic heterocycles. The standard InChI is InChI=1S/C29H33F2N7O2/c1-5-39-21-14-23(30)22(24(31)15-21)17-38-27(19-6-7-19)18(2)26(36-38)29-33-16-25(40-13-12-37(3)4)28(35-29)34-20-8-10-32-11-9-20/h8-11,14-16,19H,5-7,12-13,17H2,1-4H3,(H,32,33,34,35). The lowest BCUT2D eigenvalue weighted by Crippen LogP contribution is -2.20. The van der Waals surface area contributed by atoms with Crippen molar-refractivity contribution in [1.29, 1.82) is 0 Å². The number of aromatic nitrogens is 5. The van der Waals surface area contributed by atoms with E-state index < -0.39 is 11.6 Å². The highest BCUT2D eigenvalue weighted by Gasteiger charge is 2.32. The highest BCUT2D eigenvalue weighted by Crippen LogP contribution is 2.44. The summed E-state index contributed by atoms with van der Waals surface area (Å²) in [5, 5.41) is 8.07. The van der Waals surface area contributed by atoms with E-state index in [2.05, 4.69) is 15.3 Å². The quantitative estimate of drug-likeness (QED) is 0.254. The first-order valence-electron chi connectivity index (χ1n) is 13.3. The van der Waals surface area contributed by atoms with E-state index in [1.54, 1.807) is 30.2 Å². The van der Waals surface area contributed by atoms with Gasteiger partial charge in [-0.15, -0.1) is 0 Å². The lowest BCUT2D eigenvalue weighted by molar-refractivity contribution is 0.261. The fraction of sp³-hybridized carbons (Fsp3) is 0.379. The van der Waals surface area contributed by atoms with Crippen LogP contribution in [-0.4, -0.2) is 63.5 Å². The molecular weight excluding hydrogens is 516 g/mol. The van der Waals surface area contributed by atoms with Gasteiger partial charge in [0.25, 0.3) is 0 Å². The third kappa shape index (κ3) is 6.20. The zero-order valence-corrected chi connectivity index (χ0v) is 23.1. The highest BCUT2D eigenvalue weighted by atomic mass is 19.1. The van der Waals surface area contributed by atoms with Gasteiger partial charge in [-0.3, -0.25) is 9.67 Å². The van der Waals surface area contributed by atoms with Crippen LogP contribution in [0.1, 0.15) is 42.5 Å². The number of pyridine rings is 1. The molecule has 11 heteroatoms. The minimum absolute atomic E-state index is 0.0510. The second kappa shape index (κ2) is 12.0. The summed E-state index contributed by atoms with van der Waals surface area (Å²) in [4.78, 5) is 15.5. The van der Waals surface area contributed by atoms with Gasteiger partial charge in [-0.1, -0.05) is 0 Å². The van der Waals surface area contributed by atoms with Gasteiger partial charge in [0.15, 0.2) is 17.4 Å². The van der Waals surface area contributed by atoms with Crippen molar-refractivity contribution in [2.45, 2.75) is 39.2 Å². The number of benzene rings is 1. The van der Waals surface area contributed by atoms with Crippen molar-refractivity contribution in [3.05, 3.63) is 71.3 Å². The van der Waals surface area contributed by atoms with E-state index in [0.717, 1.165) is 36.3 Å². The molecule has 0 aliphatic heterocycles.